The van der Waals surface area contributed by atoms with E-state index in [1.807, 2.05) is 6.07 Å². The lowest BCUT2D eigenvalue weighted by molar-refractivity contribution is 0.625. The van der Waals surface area contributed by atoms with Crippen molar-refractivity contribution in [1.29, 1.82) is 0 Å². The molecule has 0 aliphatic heterocycles. The van der Waals surface area contributed by atoms with Crippen LogP contribution >= 0.6 is 0 Å². The van der Waals surface area contributed by atoms with Crippen molar-refractivity contribution >= 4 is 11.5 Å². The van der Waals surface area contributed by atoms with E-state index in [9.17, 15) is 4.39 Å². The topological polar surface area (TPSA) is 68.0 Å². The van der Waals surface area contributed by atoms with Gasteiger partial charge in [-0.25, -0.2) is 4.39 Å². The van der Waals surface area contributed by atoms with Gasteiger partial charge in [-0.3, -0.25) is 0 Å². The van der Waals surface area contributed by atoms with Gasteiger partial charge < -0.3 is 5.32 Å². The second-order valence-corrected chi connectivity index (χ2v) is 4.05. The van der Waals surface area contributed by atoms with E-state index in [1.54, 1.807) is 18.2 Å². The number of aromatic nitrogens is 5. The van der Waals surface area contributed by atoms with Crippen LogP contribution in [0, 0.1) is 5.82 Å². The van der Waals surface area contributed by atoms with Crippen LogP contribution in [-0.2, 0) is 6.42 Å². The minimum Gasteiger partial charge on any atom is -0.368 e. The molecule has 3 aromatic rings. The van der Waals surface area contributed by atoms with E-state index < -0.39 is 0 Å². The molecule has 0 aliphatic carbocycles. The Morgan fingerprint density at radius 3 is 3.05 bits per heavy atom. The van der Waals surface area contributed by atoms with Crippen LogP contribution < -0.4 is 5.32 Å². The molecule has 0 unspecified atom stereocenters. The monoisotopic (exact) mass is 258 g/mol. The van der Waals surface area contributed by atoms with Crippen LogP contribution in [0.4, 0.5) is 10.2 Å². The summed E-state index contributed by atoms with van der Waals surface area (Å²) in [5, 5.41) is 18.3. The van der Waals surface area contributed by atoms with Crippen molar-refractivity contribution < 1.29 is 4.39 Å². The van der Waals surface area contributed by atoms with Gasteiger partial charge in [-0.15, -0.1) is 14.8 Å². The molecule has 96 valence electrons. The maximum absolute atomic E-state index is 13.0. The zero-order chi connectivity index (χ0) is 13.1. The minimum absolute atomic E-state index is 0.217. The molecule has 0 amide bonds. The zero-order valence-corrected chi connectivity index (χ0v) is 9.99. The Morgan fingerprint density at radius 1 is 1.21 bits per heavy atom. The van der Waals surface area contributed by atoms with E-state index in [-0.39, 0.29) is 5.82 Å². The second kappa shape index (κ2) is 4.97. The van der Waals surface area contributed by atoms with Gasteiger partial charge in [0.25, 0.3) is 0 Å². The van der Waals surface area contributed by atoms with E-state index in [0.717, 1.165) is 5.56 Å². The van der Waals surface area contributed by atoms with Crippen LogP contribution in [0.25, 0.3) is 5.65 Å². The molecule has 0 atom stereocenters. The van der Waals surface area contributed by atoms with Crippen molar-refractivity contribution in [2.45, 2.75) is 6.42 Å². The van der Waals surface area contributed by atoms with Crippen molar-refractivity contribution in [3.63, 3.8) is 0 Å². The Morgan fingerprint density at radius 2 is 2.16 bits per heavy atom. The van der Waals surface area contributed by atoms with Crippen molar-refractivity contribution in [1.82, 2.24) is 25.3 Å². The molecule has 7 heteroatoms. The van der Waals surface area contributed by atoms with Crippen LogP contribution in [-0.4, -0.2) is 31.8 Å². The third-order valence-electron chi connectivity index (χ3n) is 2.68. The molecule has 0 saturated carbocycles. The molecule has 0 fully saturated rings. The lowest BCUT2D eigenvalue weighted by atomic mass is 10.1. The SMILES string of the molecule is Fc1cccc(CCNc2ccc3nnnn3n2)c1. The molecular weight excluding hydrogens is 247 g/mol. The number of halogens is 1. The molecule has 2 heterocycles. The molecule has 19 heavy (non-hydrogen) atoms. The fourth-order valence-electron chi connectivity index (χ4n) is 1.77. The van der Waals surface area contributed by atoms with Crippen molar-refractivity contribution in [3.05, 3.63) is 47.8 Å². The van der Waals surface area contributed by atoms with Crippen LogP contribution in [0.15, 0.2) is 36.4 Å². The summed E-state index contributed by atoms with van der Waals surface area (Å²) in [6, 6.07) is 10.1. The number of fused-ring (bicyclic) bond motifs is 1. The number of rotatable bonds is 4. The molecule has 0 aliphatic rings. The largest absolute Gasteiger partial charge is 0.368 e. The number of nitrogens with one attached hydrogen (secondary N) is 1. The number of hydrogen-bond acceptors (Lipinski definition) is 5. The first-order chi connectivity index (χ1) is 9.31. The van der Waals surface area contributed by atoms with E-state index in [4.69, 9.17) is 0 Å². The van der Waals surface area contributed by atoms with Gasteiger partial charge in [-0.2, -0.15) is 0 Å². The minimum atomic E-state index is -0.217. The summed E-state index contributed by atoms with van der Waals surface area (Å²) >= 11 is 0. The fourth-order valence-corrected chi connectivity index (χ4v) is 1.77. The van der Waals surface area contributed by atoms with Crippen LogP contribution in [0.3, 0.4) is 0 Å². The smallest absolute Gasteiger partial charge is 0.200 e. The maximum Gasteiger partial charge on any atom is 0.200 e. The number of nitrogens with zero attached hydrogens (tertiary/aromatic N) is 5. The van der Waals surface area contributed by atoms with Gasteiger partial charge in [0.15, 0.2) is 5.65 Å². The maximum atomic E-state index is 13.0. The van der Waals surface area contributed by atoms with Crippen molar-refractivity contribution in [3.8, 4) is 0 Å². The summed E-state index contributed by atoms with van der Waals surface area (Å²) in [5.41, 5.74) is 1.53. The highest BCUT2D eigenvalue weighted by Gasteiger charge is 2.00. The average Bonchev–Trinajstić information content (AvgIpc) is 2.86. The molecule has 2 aromatic heterocycles. The predicted molar refractivity (Wildman–Crippen MR) is 67.2 cm³/mol. The fraction of sp³-hybridized carbons (Fsp3) is 0.167. The molecule has 0 radical (unpaired) electrons. The summed E-state index contributed by atoms with van der Waals surface area (Å²) in [4.78, 5) is 0. The third kappa shape index (κ3) is 2.65. The molecular formula is C12H11FN6. The van der Waals surface area contributed by atoms with Crippen LogP contribution in [0.2, 0.25) is 0 Å². The average molecular weight is 258 g/mol. The summed E-state index contributed by atoms with van der Waals surface area (Å²) < 4.78 is 14.3. The predicted octanol–water partition coefficient (Wildman–Crippen LogP) is 1.31. The molecule has 0 spiro atoms. The van der Waals surface area contributed by atoms with Gasteiger partial charge in [0, 0.05) is 6.54 Å². The van der Waals surface area contributed by atoms with Crippen molar-refractivity contribution in [2.24, 2.45) is 0 Å². The molecule has 1 aromatic carbocycles. The Bertz CT molecular complexity index is 695. The summed E-state index contributed by atoms with van der Waals surface area (Å²) in [6.45, 7) is 0.657. The molecule has 0 bridgehead atoms. The third-order valence-corrected chi connectivity index (χ3v) is 2.68. The van der Waals surface area contributed by atoms with E-state index in [0.29, 0.717) is 24.4 Å². The highest BCUT2D eigenvalue weighted by atomic mass is 19.1. The van der Waals surface area contributed by atoms with Crippen molar-refractivity contribution in [2.75, 3.05) is 11.9 Å². The lowest BCUT2D eigenvalue weighted by Gasteiger charge is -2.05. The Hall–Kier alpha value is -2.57. The first-order valence-electron chi connectivity index (χ1n) is 5.85. The molecule has 0 saturated heterocycles. The van der Waals surface area contributed by atoms with Crippen LogP contribution in [0.1, 0.15) is 5.56 Å². The Balaban J connectivity index is 1.62. The second-order valence-electron chi connectivity index (χ2n) is 4.05. The highest BCUT2D eigenvalue weighted by molar-refractivity contribution is 5.42. The molecule has 1 N–H and O–H groups in total. The van der Waals surface area contributed by atoms with Gasteiger partial charge in [0.2, 0.25) is 0 Å². The van der Waals surface area contributed by atoms with E-state index >= 15 is 0 Å². The van der Waals surface area contributed by atoms with Gasteiger partial charge >= 0.3 is 0 Å². The first kappa shape index (κ1) is 11.5. The van der Waals surface area contributed by atoms with E-state index in [1.165, 1.54) is 16.8 Å². The normalized spacial score (nSPS) is 10.8. The van der Waals surface area contributed by atoms with Gasteiger partial charge in [0.05, 0.1) is 0 Å². The number of tetrazole rings is 1. The molecule has 3 rings (SSSR count). The summed E-state index contributed by atoms with van der Waals surface area (Å²) in [5.74, 6) is 0.460. The standard InChI is InChI=1S/C12H11FN6/c13-10-3-1-2-9(8-10)6-7-14-11-4-5-12-15-17-18-19(12)16-11/h1-5,8H,6-7H2,(H,14,16). The number of anilines is 1. The van der Waals surface area contributed by atoms with Gasteiger partial charge in [0.1, 0.15) is 11.6 Å². The number of benzene rings is 1. The van der Waals surface area contributed by atoms with Gasteiger partial charge in [-0.1, -0.05) is 12.1 Å². The summed E-state index contributed by atoms with van der Waals surface area (Å²) in [6.07, 6.45) is 0.715. The lowest BCUT2D eigenvalue weighted by Crippen LogP contribution is -2.08. The zero-order valence-electron chi connectivity index (χ0n) is 9.99. The highest BCUT2D eigenvalue weighted by Crippen LogP contribution is 2.06. The molecule has 6 nitrogen and oxygen atoms in total. The summed E-state index contributed by atoms with van der Waals surface area (Å²) in [7, 11) is 0. The quantitative estimate of drug-likeness (QED) is 0.764. The van der Waals surface area contributed by atoms with E-state index in [2.05, 4.69) is 25.9 Å². The number of hydrogen-bond donors (Lipinski definition) is 1. The first-order valence-corrected chi connectivity index (χ1v) is 5.85. The van der Waals surface area contributed by atoms with Gasteiger partial charge in [-0.05, 0) is 46.7 Å². The Kier molecular flexibility index (Phi) is 3.01. The van der Waals surface area contributed by atoms with Crippen LogP contribution in [0.5, 0.6) is 0 Å². The Labute approximate surface area is 108 Å².